The van der Waals surface area contributed by atoms with E-state index < -0.39 is 0 Å². The highest BCUT2D eigenvalue weighted by molar-refractivity contribution is 5.93. The van der Waals surface area contributed by atoms with Crippen LogP contribution in [-0.2, 0) is 0 Å². The Kier molecular flexibility index (Phi) is 7.36. The third-order valence-corrected chi connectivity index (χ3v) is 3.73. The summed E-state index contributed by atoms with van der Waals surface area (Å²) < 4.78 is 0. The molecule has 0 aromatic carbocycles. The van der Waals surface area contributed by atoms with Gasteiger partial charge in [0.25, 0.3) is 5.91 Å². The van der Waals surface area contributed by atoms with E-state index in [4.69, 9.17) is 0 Å². The molecule has 22 heavy (non-hydrogen) atoms. The van der Waals surface area contributed by atoms with E-state index in [1.54, 1.807) is 6.07 Å². The zero-order valence-electron chi connectivity index (χ0n) is 14.4. The summed E-state index contributed by atoms with van der Waals surface area (Å²) in [6.07, 6.45) is 7.07. The number of hydrogen-bond acceptors (Lipinski definition) is 2. The maximum atomic E-state index is 12.6. The van der Waals surface area contributed by atoms with Gasteiger partial charge in [-0.2, -0.15) is 0 Å². The minimum Gasteiger partial charge on any atom is -0.339 e. The quantitative estimate of drug-likeness (QED) is 0.742. The number of aromatic amines is 1. The first kappa shape index (κ1) is 18.5. The van der Waals surface area contributed by atoms with Crippen molar-refractivity contribution >= 4 is 5.91 Å². The van der Waals surface area contributed by atoms with E-state index in [0.29, 0.717) is 5.56 Å². The standard InChI is InChI=1S/C18H30N2O2/c1-5-6-7-8-12-20(13-11-18(2,3)4)17(22)15-9-10-16(21)19-14-15/h9-10,14H,5-8,11-13H2,1-4H3,(H,19,21). The normalized spacial score (nSPS) is 11.5. The molecular weight excluding hydrogens is 276 g/mol. The Balaban J connectivity index is 2.71. The first-order chi connectivity index (χ1) is 10.3. The molecule has 4 nitrogen and oxygen atoms in total. The number of carbonyl (C=O) groups excluding carboxylic acids is 1. The SMILES string of the molecule is CCCCCCN(CCC(C)(C)C)C(=O)c1ccc(=O)[nH]c1. The number of H-pyrrole nitrogens is 1. The third kappa shape index (κ3) is 6.92. The van der Waals surface area contributed by atoms with Crippen LogP contribution >= 0.6 is 0 Å². The smallest absolute Gasteiger partial charge is 0.255 e. The topological polar surface area (TPSA) is 53.2 Å². The molecule has 0 saturated heterocycles. The minimum absolute atomic E-state index is 0.0111. The molecule has 1 N–H and O–H groups in total. The van der Waals surface area contributed by atoms with Gasteiger partial charge in [-0.3, -0.25) is 9.59 Å². The number of carbonyl (C=O) groups is 1. The van der Waals surface area contributed by atoms with Crippen LogP contribution in [0.2, 0.25) is 0 Å². The summed E-state index contributed by atoms with van der Waals surface area (Å²) in [7, 11) is 0. The molecule has 0 aliphatic rings. The van der Waals surface area contributed by atoms with Gasteiger partial charge in [-0.25, -0.2) is 0 Å². The number of unbranched alkanes of at least 4 members (excludes halogenated alkanes) is 3. The van der Waals surface area contributed by atoms with Gasteiger partial charge in [-0.1, -0.05) is 47.0 Å². The number of hydrogen-bond donors (Lipinski definition) is 1. The Labute approximate surface area is 133 Å². The molecule has 4 heteroatoms. The number of amides is 1. The van der Waals surface area contributed by atoms with E-state index in [0.717, 1.165) is 32.4 Å². The van der Waals surface area contributed by atoms with Crippen LogP contribution < -0.4 is 5.56 Å². The Morgan fingerprint density at radius 2 is 1.86 bits per heavy atom. The van der Waals surface area contributed by atoms with Crippen LogP contribution in [-0.4, -0.2) is 28.9 Å². The lowest BCUT2D eigenvalue weighted by molar-refractivity contribution is 0.0734. The van der Waals surface area contributed by atoms with Crippen LogP contribution in [0, 0.1) is 5.41 Å². The second kappa shape index (κ2) is 8.76. The summed E-state index contributed by atoms with van der Waals surface area (Å²) in [6, 6.07) is 3.02. The van der Waals surface area contributed by atoms with E-state index in [-0.39, 0.29) is 16.9 Å². The Morgan fingerprint density at radius 3 is 2.41 bits per heavy atom. The summed E-state index contributed by atoms with van der Waals surface area (Å²) >= 11 is 0. The Hall–Kier alpha value is -1.58. The average Bonchev–Trinajstić information content (AvgIpc) is 2.45. The zero-order valence-corrected chi connectivity index (χ0v) is 14.4. The lowest BCUT2D eigenvalue weighted by atomic mass is 9.92. The van der Waals surface area contributed by atoms with E-state index in [1.165, 1.54) is 25.1 Å². The van der Waals surface area contributed by atoms with Crippen molar-refractivity contribution in [3.63, 3.8) is 0 Å². The fraction of sp³-hybridized carbons (Fsp3) is 0.667. The van der Waals surface area contributed by atoms with Crippen molar-refractivity contribution in [1.82, 2.24) is 9.88 Å². The minimum atomic E-state index is -0.180. The van der Waals surface area contributed by atoms with Crippen molar-refractivity contribution in [2.75, 3.05) is 13.1 Å². The van der Waals surface area contributed by atoms with Gasteiger partial charge in [-0.15, -0.1) is 0 Å². The summed E-state index contributed by atoms with van der Waals surface area (Å²) in [5, 5.41) is 0. The van der Waals surface area contributed by atoms with Crippen LogP contribution in [0.4, 0.5) is 0 Å². The molecule has 0 aliphatic carbocycles. The van der Waals surface area contributed by atoms with E-state index in [9.17, 15) is 9.59 Å². The fourth-order valence-corrected chi connectivity index (χ4v) is 2.24. The monoisotopic (exact) mass is 306 g/mol. The molecule has 1 heterocycles. The Bertz CT molecular complexity index is 494. The average molecular weight is 306 g/mol. The largest absolute Gasteiger partial charge is 0.339 e. The van der Waals surface area contributed by atoms with E-state index in [1.807, 2.05) is 4.90 Å². The molecule has 124 valence electrons. The van der Waals surface area contributed by atoms with Crippen LogP contribution in [0.3, 0.4) is 0 Å². The fourth-order valence-electron chi connectivity index (χ4n) is 2.24. The first-order valence-electron chi connectivity index (χ1n) is 8.31. The number of nitrogens with zero attached hydrogens (tertiary/aromatic N) is 1. The van der Waals surface area contributed by atoms with Gasteiger partial charge < -0.3 is 9.88 Å². The first-order valence-corrected chi connectivity index (χ1v) is 8.31. The molecule has 0 atom stereocenters. The van der Waals surface area contributed by atoms with Crippen molar-refractivity contribution in [2.45, 2.75) is 59.8 Å². The van der Waals surface area contributed by atoms with Crippen molar-refractivity contribution < 1.29 is 4.79 Å². The molecular formula is C18H30N2O2. The second-order valence-corrected chi connectivity index (χ2v) is 7.11. The van der Waals surface area contributed by atoms with Crippen LogP contribution in [0.15, 0.2) is 23.1 Å². The molecule has 0 saturated carbocycles. The number of pyridine rings is 1. The summed E-state index contributed by atoms with van der Waals surface area (Å²) in [5.41, 5.74) is 0.581. The molecule has 1 amide bonds. The Morgan fingerprint density at radius 1 is 1.14 bits per heavy atom. The van der Waals surface area contributed by atoms with Gasteiger partial charge in [-0.05, 0) is 24.3 Å². The van der Waals surface area contributed by atoms with Crippen molar-refractivity contribution in [3.8, 4) is 0 Å². The molecule has 0 spiro atoms. The molecule has 0 fully saturated rings. The molecule has 0 bridgehead atoms. The highest BCUT2D eigenvalue weighted by Gasteiger charge is 2.19. The molecule has 1 aromatic rings. The van der Waals surface area contributed by atoms with Crippen molar-refractivity contribution in [3.05, 3.63) is 34.2 Å². The maximum absolute atomic E-state index is 12.6. The second-order valence-electron chi connectivity index (χ2n) is 7.11. The molecule has 1 aromatic heterocycles. The van der Waals surface area contributed by atoms with Crippen LogP contribution in [0.25, 0.3) is 0 Å². The van der Waals surface area contributed by atoms with Gasteiger partial charge in [0.05, 0.1) is 5.56 Å². The van der Waals surface area contributed by atoms with E-state index in [2.05, 4.69) is 32.7 Å². The lowest BCUT2D eigenvalue weighted by Crippen LogP contribution is -2.35. The third-order valence-electron chi connectivity index (χ3n) is 3.73. The number of aromatic nitrogens is 1. The van der Waals surface area contributed by atoms with Crippen LogP contribution in [0.5, 0.6) is 0 Å². The number of nitrogens with one attached hydrogen (secondary N) is 1. The number of rotatable bonds is 8. The summed E-state index contributed by atoms with van der Waals surface area (Å²) in [5.74, 6) is 0.0111. The summed E-state index contributed by atoms with van der Waals surface area (Å²) in [6.45, 7) is 10.3. The van der Waals surface area contributed by atoms with Crippen molar-refractivity contribution in [2.24, 2.45) is 5.41 Å². The van der Waals surface area contributed by atoms with Gasteiger partial charge in [0.2, 0.25) is 5.56 Å². The molecule has 1 rings (SSSR count). The van der Waals surface area contributed by atoms with Gasteiger partial charge in [0, 0.05) is 25.4 Å². The zero-order chi connectivity index (χ0) is 16.6. The molecule has 0 aliphatic heterocycles. The van der Waals surface area contributed by atoms with Gasteiger partial charge in [0.1, 0.15) is 0 Å². The van der Waals surface area contributed by atoms with Gasteiger partial charge >= 0.3 is 0 Å². The highest BCUT2D eigenvalue weighted by atomic mass is 16.2. The summed E-state index contributed by atoms with van der Waals surface area (Å²) in [4.78, 5) is 28.3. The predicted octanol–water partition coefficient (Wildman–Crippen LogP) is 3.83. The highest BCUT2D eigenvalue weighted by Crippen LogP contribution is 2.20. The van der Waals surface area contributed by atoms with E-state index >= 15 is 0 Å². The molecule has 0 unspecified atom stereocenters. The maximum Gasteiger partial charge on any atom is 0.255 e. The van der Waals surface area contributed by atoms with Crippen molar-refractivity contribution in [1.29, 1.82) is 0 Å². The molecule has 0 radical (unpaired) electrons. The van der Waals surface area contributed by atoms with Crippen LogP contribution in [0.1, 0.15) is 70.2 Å². The lowest BCUT2D eigenvalue weighted by Gasteiger charge is -2.27. The van der Waals surface area contributed by atoms with Gasteiger partial charge in [0.15, 0.2) is 0 Å². The predicted molar refractivity (Wildman–Crippen MR) is 91.2 cm³/mol.